The maximum atomic E-state index is 3.64. The smallest absolute Gasteiger partial charge is 0.0924 e. The summed E-state index contributed by atoms with van der Waals surface area (Å²) in [5.74, 6) is 0. The van der Waals surface area contributed by atoms with Crippen LogP contribution in [0.2, 0.25) is 0 Å². The van der Waals surface area contributed by atoms with Crippen molar-refractivity contribution in [1.29, 1.82) is 0 Å². The molecule has 2 aromatic carbocycles. The van der Waals surface area contributed by atoms with E-state index in [1.165, 1.54) is 22.5 Å². The third-order valence-electron chi connectivity index (χ3n) is 3.80. The molecule has 0 aliphatic rings. The van der Waals surface area contributed by atoms with E-state index in [0.717, 1.165) is 0 Å². The van der Waals surface area contributed by atoms with Gasteiger partial charge in [-0.25, -0.2) is 0 Å². The Balaban J connectivity index is 2.01. The second kappa shape index (κ2) is 5.88. The Bertz CT molecular complexity index is 640. The minimum atomic E-state index is 0.136. The van der Waals surface area contributed by atoms with Crippen LogP contribution in [-0.2, 0) is 0 Å². The molecule has 0 aliphatic heterocycles. The minimum Gasteiger partial charge on any atom is -0.314 e. The summed E-state index contributed by atoms with van der Waals surface area (Å²) in [5, 5.41) is 0. The van der Waals surface area contributed by atoms with Crippen molar-refractivity contribution in [1.82, 2.24) is 4.68 Å². The largest absolute Gasteiger partial charge is 0.314 e. The van der Waals surface area contributed by atoms with E-state index in [-0.39, 0.29) is 6.04 Å². The molecule has 0 bridgehead atoms. The molecule has 0 saturated carbocycles. The summed E-state index contributed by atoms with van der Waals surface area (Å²) in [6, 6.07) is 25.5. The maximum Gasteiger partial charge on any atom is 0.0924 e. The molecule has 0 fully saturated rings. The predicted octanol–water partition coefficient (Wildman–Crippen LogP) is 4.44. The zero-order chi connectivity index (χ0) is 14.7. The average molecular weight is 276 g/mol. The van der Waals surface area contributed by atoms with E-state index in [0.29, 0.717) is 0 Å². The van der Waals surface area contributed by atoms with Crippen molar-refractivity contribution in [3.05, 3.63) is 95.3 Å². The van der Waals surface area contributed by atoms with E-state index in [9.17, 15) is 0 Å². The molecular formula is C19H20N2. The van der Waals surface area contributed by atoms with Crippen molar-refractivity contribution in [2.75, 3.05) is 5.43 Å². The Kier molecular flexibility index (Phi) is 3.78. The van der Waals surface area contributed by atoms with Crippen LogP contribution < -0.4 is 5.43 Å². The SMILES string of the molecule is Cc1ccc(C)n1NC(c1ccccc1)c1ccccc1. The molecule has 0 radical (unpaired) electrons. The Morgan fingerprint density at radius 2 is 1.10 bits per heavy atom. The number of aromatic nitrogens is 1. The lowest BCUT2D eigenvalue weighted by Crippen LogP contribution is -2.23. The van der Waals surface area contributed by atoms with Crippen LogP contribution in [0, 0.1) is 13.8 Å². The molecule has 2 nitrogen and oxygen atoms in total. The van der Waals surface area contributed by atoms with Gasteiger partial charge in [0.05, 0.1) is 6.04 Å². The number of hydrogen-bond donors (Lipinski definition) is 1. The quantitative estimate of drug-likeness (QED) is 0.745. The molecule has 0 atom stereocenters. The fraction of sp³-hybridized carbons (Fsp3) is 0.158. The number of benzene rings is 2. The second-order valence-electron chi connectivity index (χ2n) is 5.33. The molecule has 0 spiro atoms. The van der Waals surface area contributed by atoms with Gasteiger partial charge in [-0.15, -0.1) is 0 Å². The zero-order valence-electron chi connectivity index (χ0n) is 12.5. The molecule has 3 rings (SSSR count). The highest BCUT2D eigenvalue weighted by Gasteiger charge is 2.14. The van der Waals surface area contributed by atoms with Gasteiger partial charge in [-0.2, -0.15) is 0 Å². The van der Waals surface area contributed by atoms with Crippen molar-refractivity contribution in [2.24, 2.45) is 0 Å². The van der Waals surface area contributed by atoms with Crippen molar-refractivity contribution >= 4 is 0 Å². The third kappa shape index (κ3) is 2.84. The van der Waals surface area contributed by atoms with Gasteiger partial charge in [-0.3, -0.25) is 4.68 Å². The Morgan fingerprint density at radius 1 is 0.667 bits per heavy atom. The third-order valence-corrected chi connectivity index (χ3v) is 3.80. The first kappa shape index (κ1) is 13.5. The van der Waals surface area contributed by atoms with E-state index in [4.69, 9.17) is 0 Å². The fourth-order valence-corrected chi connectivity index (χ4v) is 2.63. The van der Waals surface area contributed by atoms with Crippen molar-refractivity contribution in [3.8, 4) is 0 Å². The molecule has 0 saturated heterocycles. The number of hydrogen-bond acceptors (Lipinski definition) is 1. The second-order valence-corrected chi connectivity index (χ2v) is 5.33. The maximum absolute atomic E-state index is 3.64. The lowest BCUT2D eigenvalue weighted by atomic mass is 9.99. The van der Waals surface area contributed by atoms with Gasteiger partial charge >= 0.3 is 0 Å². The van der Waals surface area contributed by atoms with Gasteiger partial charge in [0.2, 0.25) is 0 Å². The van der Waals surface area contributed by atoms with E-state index in [1.807, 2.05) is 0 Å². The summed E-state index contributed by atoms with van der Waals surface area (Å²) in [6.07, 6.45) is 0. The number of rotatable bonds is 4. The lowest BCUT2D eigenvalue weighted by Gasteiger charge is -2.24. The topological polar surface area (TPSA) is 17.0 Å². The zero-order valence-corrected chi connectivity index (χ0v) is 12.5. The molecule has 1 aromatic heterocycles. The molecular weight excluding hydrogens is 256 g/mol. The highest BCUT2D eigenvalue weighted by Crippen LogP contribution is 2.23. The van der Waals surface area contributed by atoms with Crippen molar-refractivity contribution in [2.45, 2.75) is 19.9 Å². The average Bonchev–Trinajstić information content (AvgIpc) is 2.85. The molecule has 21 heavy (non-hydrogen) atoms. The van der Waals surface area contributed by atoms with Gasteiger partial charge in [-0.1, -0.05) is 60.7 Å². The normalized spacial score (nSPS) is 10.8. The van der Waals surface area contributed by atoms with Crippen LogP contribution in [-0.4, -0.2) is 4.68 Å². The lowest BCUT2D eigenvalue weighted by molar-refractivity contribution is 0.726. The van der Waals surface area contributed by atoms with Crippen LogP contribution in [0.4, 0.5) is 0 Å². The van der Waals surface area contributed by atoms with Gasteiger partial charge in [0.1, 0.15) is 0 Å². The predicted molar refractivity (Wildman–Crippen MR) is 88.0 cm³/mol. The monoisotopic (exact) mass is 276 g/mol. The molecule has 0 unspecified atom stereocenters. The van der Waals surface area contributed by atoms with E-state index < -0.39 is 0 Å². The summed E-state index contributed by atoms with van der Waals surface area (Å²) < 4.78 is 2.16. The van der Waals surface area contributed by atoms with E-state index in [1.54, 1.807) is 0 Å². The van der Waals surface area contributed by atoms with Gasteiger partial charge in [-0.05, 0) is 37.1 Å². The van der Waals surface area contributed by atoms with Gasteiger partial charge in [0, 0.05) is 11.4 Å². The Morgan fingerprint density at radius 3 is 1.52 bits per heavy atom. The van der Waals surface area contributed by atoms with E-state index in [2.05, 4.69) is 96.7 Å². The molecule has 2 heteroatoms. The van der Waals surface area contributed by atoms with Gasteiger partial charge in [0.25, 0.3) is 0 Å². The summed E-state index contributed by atoms with van der Waals surface area (Å²) in [6.45, 7) is 4.24. The van der Waals surface area contributed by atoms with Crippen LogP contribution in [0.25, 0.3) is 0 Å². The van der Waals surface area contributed by atoms with Crippen LogP contribution in [0.15, 0.2) is 72.8 Å². The van der Waals surface area contributed by atoms with Crippen LogP contribution in [0.5, 0.6) is 0 Å². The van der Waals surface area contributed by atoms with Crippen LogP contribution >= 0.6 is 0 Å². The first-order valence-electron chi connectivity index (χ1n) is 7.27. The minimum absolute atomic E-state index is 0.136. The molecule has 1 heterocycles. The van der Waals surface area contributed by atoms with Crippen LogP contribution in [0.3, 0.4) is 0 Å². The van der Waals surface area contributed by atoms with Crippen molar-refractivity contribution < 1.29 is 0 Å². The number of nitrogens with one attached hydrogen (secondary N) is 1. The van der Waals surface area contributed by atoms with Crippen molar-refractivity contribution in [3.63, 3.8) is 0 Å². The van der Waals surface area contributed by atoms with Crippen LogP contribution in [0.1, 0.15) is 28.6 Å². The number of nitrogens with zero attached hydrogens (tertiary/aromatic N) is 1. The van der Waals surface area contributed by atoms with Gasteiger partial charge < -0.3 is 5.43 Å². The highest BCUT2D eigenvalue weighted by atomic mass is 15.4. The Hall–Kier alpha value is -2.48. The molecule has 106 valence electrons. The summed E-state index contributed by atoms with van der Waals surface area (Å²) in [4.78, 5) is 0. The molecule has 0 amide bonds. The molecule has 1 N–H and O–H groups in total. The summed E-state index contributed by atoms with van der Waals surface area (Å²) >= 11 is 0. The number of aryl methyl sites for hydroxylation is 2. The Labute approximate surface area is 126 Å². The van der Waals surface area contributed by atoms with Gasteiger partial charge in [0.15, 0.2) is 0 Å². The molecule has 3 aromatic rings. The van der Waals surface area contributed by atoms with E-state index >= 15 is 0 Å². The summed E-state index contributed by atoms with van der Waals surface area (Å²) in [7, 11) is 0. The highest BCUT2D eigenvalue weighted by molar-refractivity contribution is 5.35. The first-order valence-corrected chi connectivity index (χ1v) is 7.27. The first-order chi connectivity index (χ1) is 10.3. The molecule has 0 aliphatic carbocycles. The summed E-state index contributed by atoms with van der Waals surface area (Å²) in [5.41, 5.74) is 8.59. The fourth-order valence-electron chi connectivity index (χ4n) is 2.63. The standard InChI is InChI=1S/C19H20N2/c1-15-13-14-16(2)21(15)20-19(17-9-5-3-6-10-17)18-11-7-4-8-12-18/h3-14,19-20H,1-2H3.